The van der Waals surface area contributed by atoms with Gasteiger partial charge in [0.05, 0.1) is 0 Å². The molecule has 1 heterocycles. The number of hydrogen-bond acceptors (Lipinski definition) is 1. The molecule has 1 saturated carbocycles. The molecule has 0 amide bonds. The van der Waals surface area contributed by atoms with E-state index >= 15 is 0 Å². The Labute approximate surface area is 84.7 Å². The molecule has 1 nitrogen and oxygen atoms in total. The summed E-state index contributed by atoms with van der Waals surface area (Å²) in [5.74, 6) is -1.57. The van der Waals surface area contributed by atoms with E-state index in [2.05, 4.69) is 4.99 Å². The van der Waals surface area contributed by atoms with Crippen molar-refractivity contribution in [1.29, 1.82) is 0 Å². The zero-order valence-electron chi connectivity index (χ0n) is 7.53. The fourth-order valence-electron chi connectivity index (χ4n) is 1.86. The lowest BCUT2D eigenvalue weighted by molar-refractivity contribution is -0.146. The van der Waals surface area contributed by atoms with E-state index in [1.165, 1.54) is 0 Å². The SMILES string of the molecule is CC1=C(C2CC2)C(C(F)(F)F)C(Cl)=N1. The van der Waals surface area contributed by atoms with Crippen molar-refractivity contribution in [3.05, 3.63) is 11.3 Å². The number of hydrogen-bond donors (Lipinski definition) is 0. The van der Waals surface area contributed by atoms with Gasteiger partial charge in [0.15, 0.2) is 0 Å². The molecule has 1 unspecified atom stereocenters. The number of halogens is 4. The van der Waals surface area contributed by atoms with E-state index in [4.69, 9.17) is 11.6 Å². The quantitative estimate of drug-likeness (QED) is 0.645. The Morgan fingerprint density at radius 2 is 1.93 bits per heavy atom. The van der Waals surface area contributed by atoms with Gasteiger partial charge in [-0.15, -0.1) is 0 Å². The average molecular weight is 224 g/mol. The summed E-state index contributed by atoms with van der Waals surface area (Å²) in [5, 5.41) is -0.322. The summed E-state index contributed by atoms with van der Waals surface area (Å²) >= 11 is 5.51. The van der Waals surface area contributed by atoms with Crippen LogP contribution < -0.4 is 0 Å². The van der Waals surface area contributed by atoms with Crippen LogP contribution in [0.15, 0.2) is 16.3 Å². The van der Waals surface area contributed by atoms with Gasteiger partial charge < -0.3 is 0 Å². The van der Waals surface area contributed by atoms with Crippen LogP contribution in [0.3, 0.4) is 0 Å². The minimum Gasteiger partial charge on any atom is -0.245 e. The van der Waals surface area contributed by atoms with Crippen LogP contribution in [0.5, 0.6) is 0 Å². The molecule has 1 atom stereocenters. The van der Waals surface area contributed by atoms with Crippen LogP contribution in [0, 0.1) is 11.8 Å². The summed E-state index contributed by atoms with van der Waals surface area (Å²) in [6, 6.07) is 0. The molecule has 0 bridgehead atoms. The number of aliphatic imine (C=N–C) groups is 1. The number of allylic oxidation sites excluding steroid dienone is 2. The Kier molecular flexibility index (Phi) is 2.14. The highest BCUT2D eigenvalue weighted by Crippen LogP contribution is 2.50. The maximum Gasteiger partial charge on any atom is 0.401 e. The molecule has 0 saturated heterocycles. The van der Waals surface area contributed by atoms with Crippen molar-refractivity contribution in [2.45, 2.75) is 25.9 Å². The van der Waals surface area contributed by atoms with E-state index in [9.17, 15) is 13.2 Å². The summed E-state index contributed by atoms with van der Waals surface area (Å²) in [5.41, 5.74) is 0.849. The number of rotatable bonds is 1. The van der Waals surface area contributed by atoms with Crippen LogP contribution in [0.1, 0.15) is 19.8 Å². The highest BCUT2D eigenvalue weighted by molar-refractivity contribution is 6.66. The number of alkyl halides is 3. The van der Waals surface area contributed by atoms with Gasteiger partial charge in [-0.1, -0.05) is 11.6 Å². The van der Waals surface area contributed by atoms with Crippen LogP contribution in [0.4, 0.5) is 13.2 Å². The van der Waals surface area contributed by atoms with E-state index < -0.39 is 12.1 Å². The normalized spacial score (nSPS) is 28.4. The predicted octanol–water partition coefficient (Wildman–Crippen LogP) is 3.50. The first-order valence-corrected chi connectivity index (χ1v) is 4.80. The Bertz CT molecular complexity index is 325. The second-order valence-corrected chi connectivity index (χ2v) is 4.11. The van der Waals surface area contributed by atoms with Gasteiger partial charge in [-0.3, -0.25) is 0 Å². The van der Waals surface area contributed by atoms with Gasteiger partial charge in [0.25, 0.3) is 0 Å². The largest absolute Gasteiger partial charge is 0.401 e. The first-order valence-electron chi connectivity index (χ1n) is 4.42. The first-order chi connectivity index (χ1) is 6.41. The molecule has 0 aromatic rings. The molecule has 14 heavy (non-hydrogen) atoms. The third-order valence-corrected chi connectivity index (χ3v) is 2.89. The fraction of sp³-hybridized carbons (Fsp3) is 0.667. The van der Waals surface area contributed by atoms with Crippen molar-refractivity contribution in [2.75, 3.05) is 0 Å². The zero-order valence-corrected chi connectivity index (χ0v) is 8.28. The Hall–Kier alpha value is -0.510. The summed E-state index contributed by atoms with van der Waals surface area (Å²) in [7, 11) is 0. The van der Waals surface area contributed by atoms with Gasteiger partial charge in [-0.25, -0.2) is 4.99 Å². The molecule has 1 aliphatic carbocycles. The molecule has 0 radical (unpaired) electrons. The van der Waals surface area contributed by atoms with Crippen LogP contribution in [0.25, 0.3) is 0 Å². The molecule has 0 N–H and O–H groups in total. The molecule has 2 rings (SSSR count). The van der Waals surface area contributed by atoms with Crippen LogP contribution in [-0.2, 0) is 0 Å². The summed E-state index contributed by atoms with van der Waals surface area (Å²) < 4.78 is 37.9. The molecule has 78 valence electrons. The van der Waals surface area contributed by atoms with E-state index in [0.717, 1.165) is 12.8 Å². The van der Waals surface area contributed by atoms with Gasteiger partial charge in [-0.2, -0.15) is 13.2 Å². The molecule has 0 spiro atoms. The standard InChI is InChI=1S/C9H9ClF3N/c1-4-6(5-2-3-5)7(8(10)14-4)9(11,12)13/h5,7H,2-3H2,1H3. The van der Waals surface area contributed by atoms with Gasteiger partial charge in [0.1, 0.15) is 11.1 Å². The molecular weight excluding hydrogens is 215 g/mol. The molecular formula is C9H9ClF3N. The Balaban J connectivity index is 2.34. The summed E-state index contributed by atoms with van der Waals surface area (Å²) in [6.45, 7) is 1.60. The molecule has 0 aromatic carbocycles. The Morgan fingerprint density at radius 3 is 2.36 bits per heavy atom. The second-order valence-electron chi connectivity index (χ2n) is 3.72. The predicted molar refractivity (Wildman–Crippen MR) is 48.3 cm³/mol. The lowest BCUT2D eigenvalue weighted by Gasteiger charge is -2.17. The summed E-state index contributed by atoms with van der Waals surface area (Å²) in [4.78, 5) is 3.72. The van der Waals surface area contributed by atoms with Crippen LogP contribution in [0.2, 0.25) is 0 Å². The highest BCUT2D eigenvalue weighted by atomic mass is 35.5. The maximum absolute atomic E-state index is 12.6. The van der Waals surface area contributed by atoms with Crippen LogP contribution >= 0.6 is 11.6 Å². The molecule has 1 aliphatic heterocycles. The molecule has 5 heteroatoms. The third kappa shape index (κ3) is 1.56. The van der Waals surface area contributed by atoms with Crippen molar-refractivity contribution in [3.8, 4) is 0 Å². The van der Waals surface area contributed by atoms with Crippen LogP contribution in [-0.4, -0.2) is 11.3 Å². The van der Waals surface area contributed by atoms with E-state index in [1.54, 1.807) is 6.92 Å². The third-order valence-electron chi connectivity index (χ3n) is 2.59. The molecule has 0 aromatic heterocycles. The Morgan fingerprint density at radius 1 is 1.36 bits per heavy atom. The highest BCUT2D eigenvalue weighted by Gasteiger charge is 2.51. The average Bonchev–Trinajstić information content (AvgIpc) is 2.75. The van der Waals surface area contributed by atoms with Crippen molar-refractivity contribution < 1.29 is 13.2 Å². The van der Waals surface area contributed by atoms with Crippen molar-refractivity contribution in [2.24, 2.45) is 16.8 Å². The lowest BCUT2D eigenvalue weighted by Crippen LogP contribution is -2.28. The van der Waals surface area contributed by atoms with Crippen molar-refractivity contribution in [3.63, 3.8) is 0 Å². The first kappa shape index (κ1) is 10.0. The van der Waals surface area contributed by atoms with Gasteiger partial charge in [-0.05, 0) is 31.3 Å². The fourth-order valence-corrected chi connectivity index (χ4v) is 2.23. The van der Waals surface area contributed by atoms with E-state index in [-0.39, 0.29) is 11.1 Å². The monoisotopic (exact) mass is 223 g/mol. The number of nitrogens with zero attached hydrogens (tertiary/aromatic N) is 1. The van der Waals surface area contributed by atoms with E-state index in [0.29, 0.717) is 11.3 Å². The van der Waals surface area contributed by atoms with Crippen molar-refractivity contribution >= 4 is 16.8 Å². The summed E-state index contributed by atoms with van der Waals surface area (Å²) in [6.07, 6.45) is -2.63. The van der Waals surface area contributed by atoms with Gasteiger partial charge in [0.2, 0.25) is 0 Å². The molecule has 2 aliphatic rings. The minimum absolute atomic E-state index is 0.0571. The molecule has 1 fully saturated rings. The topological polar surface area (TPSA) is 12.4 Å². The lowest BCUT2D eigenvalue weighted by atomic mass is 9.96. The van der Waals surface area contributed by atoms with E-state index in [1.807, 2.05) is 0 Å². The van der Waals surface area contributed by atoms with Gasteiger partial charge >= 0.3 is 6.18 Å². The minimum atomic E-state index is -4.30. The smallest absolute Gasteiger partial charge is 0.245 e. The zero-order chi connectivity index (χ0) is 10.5. The van der Waals surface area contributed by atoms with Crippen molar-refractivity contribution in [1.82, 2.24) is 0 Å². The van der Waals surface area contributed by atoms with Gasteiger partial charge in [0, 0.05) is 5.70 Å². The maximum atomic E-state index is 12.6. The second kappa shape index (κ2) is 2.99.